The maximum atomic E-state index is 12.8. The Morgan fingerprint density at radius 1 is 1.11 bits per heavy atom. The topological polar surface area (TPSA) is 110 Å². The van der Waals surface area contributed by atoms with E-state index >= 15 is 0 Å². The number of rotatable bonds is 7. The molecule has 1 N–H and O–H groups in total. The molecule has 1 aliphatic heterocycles. The van der Waals surface area contributed by atoms with Gasteiger partial charge >= 0.3 is 0 Å². The quantitative estimate of drug-likeness (QED) is 0.438. The predicted molar refractivity (Wildman–Crippen MR) is 128 cm³/mol. The Labute approximate surface area is 201 Å². The van der Waals surface area contributed by atoms with Crippen molar-refractivity contribution >= 4 is 17.5 Å². The van der Waals surface area contributed by atoms with Crippen LogP contribution in [0.3, 0.4) is 0 Å². The van der Waals surface area contributed by atoms with Gasteiger partial charge in [0.1, 0.15) is 5.75 Å². The second-order valence-corrected chi connectivity index (χ2v) is 8.25. The van der Waals surface area contributed by atoms with E-state index in [4.69, 9.17) is 9.26 Å². The second kappa shape index (κ2) is 9.76. The lowest BCUT2D eigenvalue weighted by atomic mass is 10.1. The number of benzene rings is 2. The summed E-state index contributed by atoms with van der Waals surface area (Å²) in [6.07, 6.45) is 3.61. The Morgan fingerprint density at radius 2 is 1.89 bits per heavy atom. The third kappa shape index (κ3) is 5.03. The number of pyridine rings is 1. The Balaban J connectivity index is 1.20. The lowest BCUT2D eigenvalue weighted by molar-refractivity contribution is -0.128. The van der Waals surface area contributed by atoms with E-state index in [-0.39, 0.29) is 18.2 Å². The van der Waals surface area contributed by atoms with Crippen molar-refractivity contribution in [2.24, 2.45) is 5.92 Å². The fourth-order valence-electron chi connectivity index (χ4n) is 3.95. The number of ether oxygens (including phenoxy) is 1. The van der Waals surface area contributed by atoms with Gasteiger partial charge in [-0.15, -0.1) is 0 Å². The first-order valence-electron chi connectivity index (χ1n) is 11.1. The number of hydrogen-bond acceptors (Lipinski definition) is 7. The standard InChI is InChI=1S/C26H23N5O4/c1-34-22-10-6-18(7-11-22)24-29-26(35-30-24)19-4-8-21(9-5-19)28-25(33)20-13-23(32)31(16-20)15-17-3-2-12-27-14-17/h2-12,14,20H,13,15-16H2,1H3,(H,28,33). The van der Waals surface area contributed by atoms with Crippen LogP contribution in [-0.4, -0.2) is 45.5 Å². The first kappa shape index (κ1) is 22.3. The van der Waals surface area contributed by atoms with Gasteiger partial charge in [0.05, 0.1) is 13.0 Å². The van der Waals surface area contributed by atoms with Crippen LogP contribution < -0.4 is 10.1 Å². The highest BCUT2D eigenvalue weighted by Crippen LogP contribution is 2.26. The number of likely N-dealkylation sites (tertiary alicyclic amines) is 1. The molecule has 1 atom stereocenters. The second-order valence-electron chi connectivity index (χ2n) is 8.25. The minimum Gasteiger partial charge on any atom is -0.497 e. The van der Waals surface area contributed by atoms with Crippen LogP contribution >= 0.6 is 0 Å². The van der Waals surface area contributed by atoms with Gasteiger partial charge in [0.15, 0.2) is 0 Å². The largest absolute Gasteiger partial charge is 0.497 e. The predicted octanol–water partition coefficient (Wildman–Crippen LogP) is 3.79. The molecule has 9 heteroatoms. The van der Waals surface area contributed by atoms with Gasteiger partial charge in [-0.1, -0.05) is 11.2 Å². The summed E-state index contributed by atoms with van der Waals surface area (Å²) in [5, 5.41) is 6.95. The molecule has 1 saturated heterocycles. The zero-order chi connectivity index (χ0) is 24.2. The van der Waals surface area contributed by atoms with Gasteiger partial charge in [0.25, 0.3) is 5.89 Å². The maximum Gasteiger partial charge on any atom is 0.258 e. The molecule has 2 aromatic carbocycles. The smallest absolute Gasteiger partial charge is 0.258 e. The van der Waals surface area contributed by atoms with E-state index in [1.54, 1.807) is 48.7 Å². The minimum absolute atomic E-state index is 0.0339. The van der Waals surface area contributed by atoms with Crippen molar-refractivity contribution < 1.29 is 18.8 Å². The average molecular weight is 470 g/mol. The normalized spacial score (nSPS) is 15.3. The summed E-state index contributed by atoms with van der Waals surface area (Å²) in [6.45, 7) is 0.835. The highest BCUT2D eigenvalue weighted by molar-refractivity contribution is 5.97. The Hall–Kier alpha value is -4.53. The van der Waals surface area contributed by atoms with Crippen LogP contribution in [0.25, 0.3) is 22.8 Å². The van der Waals surface area contributed by atoms with E-state index in [0.717, 1.165) is 22.4 Å². The molecule has 0 aliphatic carbocycles. The van der Waals surface area contributed by atoms with Gasteiger partial charge in [0.2, 0.25) is 17.6 Å². The molecule has 0 saturated carbocycles. The molecule has 1 unspecified atom stereocenters. The molecular weight excluding hydrogens is 446 g/mol. The van der Waals surface area contributed by atoms with Gasteiger partial charge in [-0.3, -0.25) is 14.6 Å². The number of nitrogens with zero attached hydrogens (tertiary/aromatic N) is 4. The summed E-state index contributed by atoms with van der Waals surface area (Å²) in [5.41, 5.74) is 3.11. The van der Waals surface area contributed by atoms with E-state index in [0.29, 0.717) is 30.5 Å². The first-order chi connectivity index (χ1) is 17.1. The molecule has 0 bridgehead atoms. The number of carbonyl (C=O) groups is 2. The van der Waals surface area contributed by atoms with Gasteiger partial charge in [0, 0.05) is 48.7 Å². The molecule has 1 fully saturated rings. The maximum absolute atomic E-state index is 12.8. The van der Waals surface area contributed by atoms with E-state index in [1.165, 1.54) is 0 Å². The number of amides is 2. The lowest BCUT2D eigenvalue weighted by Crippen LogP contribution is -2.28. The number of anilines is 1. The number of nitrogens with one attached hydrogen (secondary N) is 1. The molecule has 4 aromatic rings. The molecule has 35 heavy (non-hydrogen) atoms. The van der Waals surface area contributed by atoms with Crippen LogP contribution in [-0.2, 0) is 16.1 Å². The number of aromatic nitrogens is 3. The lowest BCUT2D eigenvalue weighted by Gasteiger charge is -2.16. The summed E-state index contributed by atoms with van der Waals surface area (Å²) in [4.78, 5) is 35.4. The monoisotopic (exact) mass is 469 g/mol. The number of hydrogen-bond donors (Lipinski definition) is 1. The Kier molecular flexibility index (Phi) is 6.21. The van der Waals surface area contributed by atoms with Crippen molar-refractivity contribution in [3.63, 3.8) is 0 Å². The van der Waals surface area contributed by atoms with E-state index < -0.39 is 5.92 Å². The molecule has 0 radical (unpaired) electrons. The van der Waals surface area contributed by atoms with E-state index in [1.807, 2.05) is 36.4 Å². The van der Waals surface area contributed by atoms with Gasteiger partial charge < -0.3 is 19.5 Å². The van der Waals surface area contributed by atoms with Crippen molar-refractivity contribution in [2.45, 2.75) is 13.0 Å². The summed E-state index contributed by atoms with van der Waals surface area (Å²) in [5.74, 6) is 0.982. The highest BCUT2D eigenvalue weighted by Gasteiger charge is 2.34. The van der Waals surface area contributed by atoms with Crippen LogP contribution in [0.15, 0.2) is 77.6 Å². The fraction of sp³-hybridized carbons (Fsp3) is 0.192. The Morgan fingerprint density at radius 3 is 2.60 bits per heavy atom. The van der Waals surface area contributed by atoms with E-state index in [9.17, 15) is 9.59 Å². The van der Waals surface area contributed by atoms with Gasteiger partial charge in [-0.25, -0.2) is 0 Å². The fourth-order valence-corrected chi connectivity index (χ4v) is 3.95. The van der Waals surface area contributed by atoms with Crippen molar-refractivity contribution in [3.8, 4) is 28.6 Å². The number of carbonyl (C=O) groups excluding carboxylic acids is 2. The molecule has 2 aromatic heterocycles. The highest BCUT2D eigenvalue weighted by atomic mass is 16.5. The van der Waals surface area contributed by atoms with Crippen molar-refractivity contribution in [2.75, 3.05) is 19.0 Å². The zero-order valence-corrected chi connectivity index (χ0v) is 19.0. The molecule has 5 rings (SSSR count). The van der Waals surface area contributed by atoms with Gasteiger partial charge in [-0.2, -0.15) is 4.98 Å². The summed E-state index contributed by atoms with van der Waals surface area (Å²) in [6, 6.07) is 18.3. The molecule has 3 heterocycles. The molecule has 0 spiro atoms. The summed E-state index contributed by atoms with van der Waals surface area (Å²) in [7, 11) is 1.61. The van der Waals surface area contributed by atoms with Crippen LogP contribution in [0, 0.1) is 5.92 Å². The summed E-state index contributed by atoms with van der Waals surface area (Å²) >= 11 is 0. The zero-order valence-electron chi connectivity index (χ0n) is 19.0. The molecule has 176 valence electrons. The third-order valence-corrected chi connectivity index (χ3v) is 5.86. The molecule has 1 aliphatic rings. The first-order valence-corrected chi connectivity index (χ1v) is 11.1. The summed E-state index contributed by atoms with van der Waals surface area (Å²) < 4.78 is 10.6. The van der Waals surface area contributed by atoms with Crippen molar-refractivity contribution in [1.82, 2.24) is 20.0 Å². The van der Waals surface area contributed by atoms with Crippen molar-refractivity contribution in [1.29, 1.82) is 0 Å². The van der Waals surface area contributed by atoms with Crippen LogP contribution in [0.5, 0.6) is 5.75 Å². The van der Waals surface area contributed by atoms with Crippen LogP contribution in [0.4, 0.5) is 5.69 Å². The Bertz CT molecular complexity index is 1320. The number of methoxy groups -OCH3 is 1. The van der Waals surface area contributed by atoms with Crippen LogP contribution in [0.1, 0.15) is 12.0 Å². The molecular formula is C26H23N5O4. The van der Waals surface area contributed by atoms with Gasteiger partial charge in [-0.05, 0) is 60.2 Å². The molecule has 9 nitrogen and oxygen atoms in total. The third-order valence-electron chi connectivity index (χ3n) is 5.86. The average Bonchev–Trinajstić information content (AvgIpc) is 3.53. The SMILES string of the molecule is COc1ccc(-c2noc(-c3ccc(NC(=O)C4CC(=O)N(Cc5cccnc5)C4)cc3)n2)cc1. The van der Waals surface area contributed by atoms with Crippen LogP contribution in [0.2, 0.25) is 0 Å². The molecule has 2 amide bonds. The van der Waals surface area contributed by atoms with Crippen molar-refractivity contribution in [3.05, 3.63) is 78.6 Å². The van der Waals surface area contributed by atoms with E-state index in [2.05, 4.69) is 20.4 Å². The minimum atomic E-state index is -0.401.